The molecule has 5 heteroatoms. The molecule has 0 N–H and O–H groups in total. The smallest absolute Gasteiger partial charge is 0.410 e. The fourth-order valence-electron chi connectivity index (χ4n) is 1.14. The van der Waals surface area contributed by atoms with Crippen LogP contribution in [0.15, 0.2) is 24.3 Å². The Morgan fingerprint density at radius 3 is 3.07 bits per heavy atom. The van der Waals surface area contributed by atoms with Crippen molar-refractivity contribution in [3.8, 4) is 11.8 Å². The molecule has 0 aliphatic carbocycles. The molecular weight excluding hydrogens is 216 g/mol. The molecule has 0 aromatic heterocycles. The molecule has 1 fully saturated rings. The van der Waals surface area contributed by atoms with Gasteiger partial charge in [-0.25, -0.2) is 4.79 Å². The van der Waals surface area contributed by atoms with E-state index in [-0.39, 0.29) is 6.04 Å². The van der Waals surface area contributed by atoms with Gasteiger partial charge in [0.2, 0.25) is 0 Å². The number of rotatable bonds is 1. The van der Waals surface area contributed by atoms with E-state index < -0.39 is 6.09 Å². The highest BCUT2D eigenvalue weighted by Crippen LogP contribution is 2.22. The summed E-state index contributed by atoms with van der Waals surface area (Å²) in [6, 6.07) is 8.19. The van der Waals surface area contributed by atoms with E-state index in [9.17, 15) is 4.79 Å². The highest BCUT2D eigenvalue weighted by Gasteiger charge is 2.40. The van der Waals surface area contributed by atoms with E-state index in [0.717, 1.165) is 0 Å². The Labute approximate surface area is 91.6 Å². The third-order valence-corrected chi connectivity index (χ3v) is 2.23. The van der Waals surface area contributed by atoms with Crippen molar-refractivity contribution >= 4 is 17.7 Å². The average molecular weight is 223 g/mol. The molecule has 2 rings (SSSR count). The summed E-state index contributed by atoms with van der Waals surface area (Å²) >= 11 is 5.72. The summed E-state index contributed by atoms with van der Waals surface area (Å²) in [4.78, 5) is 12.7. The summed E-state index contributed by atoms with van der Waals surface area (Å²) in [5, 5.41) is 9.02. The summed E-state index contributed by atoms with van der Waals surface area (Å²) in [6.07, 6.45) is -0.510. The predicted octanol–water partition coefficient (Wildman–Crippen LogP) is 2.05. The number of hydrogen-bond acceptors (Lipinski definition) is 3. The van der Waals surface area contributed by atoms with Gasteiger partial charge in [0.15, 0.2) is 0 Å². The topological polar surface area (TPSA) is 53.1 Å². The molecule has 1 aliphatic heterocycles. The van der Waals surface area contributed by atoms with E-state index >= 15 is 0 Å². The van der Waals surface area contributed by atoms with E-state index in [0.29, 0.717) is 17.3 Å². The van der Waals surface area contributed by atoms with Crippen LogP contribution < -0.4 is 4.74 Å². The van der Waals surface area contributed by atoms with Crippen LogP contribution in [0.1, 0.15) is 0 Å². The monoisotopic (exact) mass is 222 g/mol. The Kier molecular flexibility index (Phi) is 2.48. The first-order chi connectivity index (χ1) is 7.20. The maximum atomic E-state index is 11.4. The van der Waals surface area contributed by atoms with Crippen molar-refractivity contribution in [2.24, 2.45) is 0 Å². The molecule has 1 saturated heterocycles. The minimum absolute atomic E-state index is 0.336. The number of amides is 1. The van der Waals surface area contributed by atoms with Crippen LogP contribution in [0.3, 0.4) is 0 Å². The van der Waals surface area contributed by atoms with Gasteiger partial charge in [-0.2, -0.15) is 5.26 Å². The van der Waals surface area contributed by atoms with Crippen LogP contribution in [0, 0.1) is 11.3 Å². The molecule has 1 atom stereocenters. The van der Waals surface area contributed by atoms with Crippen molar-refractivity contribution in [1.82, 2.24) is 4.90 Å². The lowest BCUT2D eigenvalue weighted by Crippen LogP contribution is -2.17. The summed E-state index contributed by atoms with van der Waals surface area (Å²) in [5.41, 5.74) is 0. The van der Waals surface area contributed by atoms with Gasteiger partial charge in [-0.05, 0) is 18.2 Å². The number of nitriles is 1. The van der Waals surface area contributed by atoms with E-state index in [2.05, 4.69) is 0 Å². The number of ether oxygens (including phenoxy) is 1. The summed E-state index contributed by atoms with van der Waals surface area (Å²) in [6.45, 7) is 0.440. The van der Waals surface area contributed by atoms with Gasteiger partial charge in [0, 0.05) is 5.02 Å². The molecular formula is C10H7ClN2O2. The molecule has 1 amide bonds. The normalized spacial score (nSPS) is 18.1. The number of hydrogen-bond donors (Lipinski definition) is 0. The molecule has 1 aliphatic rings. The van der Waals surface area contributed by atoms with Gasteiger partial charge in [0.05, 0.1) is 12.6 Å². The second-order valence-electron chi connectivity index (χ2n) is 3.12. The third kappa shape index (κ3) is 2.20. The van der Waals surface area contributed by atoms with Crippen molar-refractivity contribution in [2.75, 3.05) is 6.54 Å². The number of halogens is 1. The molecule has 0 bridgehead atoms. The van der Waals surface area contributed by atoms with Crippen LogP contribution in [0.2, 0.25) is 5.02 Å². The van der Waals surface area contributed by atoms with E-state index in [1.807, 2.05) is 6.07 Å². The summed E-state index contributed by atoms with van der Waals surface area (Å²) in [7, 11) is 0. The van der Waals surface area contributed by atoms with Gasteiger partial charge in [0.25, 0.3) is 0 Å². The van der Waals surface area contributed by atoms with Crippen molar-refractivity contribution in [2.45, 2.75) is 6.04 Å². The first-order valence-corrected chi connectivity index (χ1v) is 4.72. The second kappa shape index (κ2) is 3.79. The zero-order valence-corrected chi connectivity index (χ0v) is 8.44. The minimum atomic E-state index is -0.510. The fourth-order valence-corrected chi connectivity index (χ4v) is 1.32. The molecule has 0 saturated carbocycles. The third-order valence-electron chi connectivity index (χ3n) is 2.00. The second-order valence-corrected chi connectivity index (χ2v) is 3.56. The number of nitrogens with zero attached hydrogens (tertiary/aromatic N) is 2. The van der Waals surface area contributed by atoms with Crippen molar-refractivity contribution in [1.29, 1.82) is 5.26 Å². The molecule has 4 nitrogen and oxygen atoms in total. The summed E-state index contributed by atoms with van der Waals surface area (Å²) in [5.74, 6) is 0.385. The van der Waals surface area contributed by atoms with Gasteiger partial charge in [-0.3, -0.25) is 4.90 Å². The van der Waals surface area contributed by atoms with Gasteiger partial charge < -0.3 is 4.74 Å². The van der Waals surface area contributed by atoms with Crippen molar-refractivity contribution in [3.63, 3.8) is 0 Å². The number of carbonyl (C=O) groups is 1. The quantitative estimate of drug-likeness (QED) is 0.684. The molecule has 0 radical (unpaired) electrons. The van der Waals surface area contributed by atoms with Gasteiger partial charge in [-0.1, -0.05) is 17.7 Å². The van der Waals surface area contributed by atoms with Crippen LogP contribution in [0.25, 0.3) is 0 Å². The van der Waals surface area contributed by atoms with E-state index in [1.54, 1.807) is 24.3 Å². The maximum absolute atomic E-state index is 11.4. The van der Waals surface area contributed by atoms with Crippen molar-refractivity contribution in [3.05, 3.63) is 29.3 Å². The fraction of sp³-hybridized carbons (Fsp3) is 0.200. The van der Waals surface area contributed by atoms with Crippen molar-refractivity contribution < 1.29 is 9.53 Å². The molecule has 1 unspecified atom stereocenters. The lowest BCUT2D eigenvalue weighted by atomic mass is 10.3. The minimum Gasteiger partial charge on any atom is -0.410 e. The summed E-state index contributed by atoms with van der Waals surface area (Å²) < 4.78 is 5.00. The first-order valence-electron chi connectivity index (χ1n) is 4.34. The molecule has 1 aromatic carbocycles. The lowest BCUT2D eigenvalue weighted by Gasteiger charge is -2.04. The van der Waals surface area contributed by atoms with Crippen LogP contribution in [0.5, 0.6) is 5.75 Å². The number of carbonyl (C=O) groups excluding carboxylic acids is 1. The molecule has 76 valence electrons. The molecule has 0 spiro atoms. The first kappa shape index (κ1) is 9.81. The van der Waals surface area contributed by atoms with Crippen LogP contribution >= 0.6 is 11.6 Å². The van der Waals surface area contributed by atoms with Gasteiger partial charge in [0.1, 0.15) is 11.8 Å². The molecule has 1 heterocycles. The van der Waals surface area contributed by atoms with Crippen LogP contribution in [0.4, 0.5) is 4.79 Å². The number of benzene rings is 1. The van der Waals surface area contributed by atoms with Gasteiger partial charge >= 0.3 is 6.09 Å². The van der Waals surface area contributed by atoms with E-state index in [4.69, 9.17) is 21.6 Å². The Bertz CT molecular complexity index is 441. The lowest BCUT2D eigenvalue weighted by molar-refractivity contribution is 0.184. The zero-order chi connectivity index (χ0) is 10.8. The van der Waals surface area contributed by atoms with Gasteiger partial charge in [-0.15, -0.1) is 0 Å². The Balaban J connectivity index is 1.99. The van der Waals surface area contributed by atoms with Crippen LogP contribution in [-0.4, -0.2) is 23.6 Å². The highest BCUT2D eigenvalue weighted by atomic mass is 35.5. The molecule has 1 aromatic rings. The maximum Gasteiger partial charge on any atom is 0.416 e. The Morgan fingerprint density at radius 2 is 2.47 bits per heavy atom. The molecule has 15 heavy (non-hydrogen) atoms. The van der Waals surface area contributed by atoms with Crippen LogP contribution in [-0.2, 0) is 0 Å². The largest absolute Gasteiger partial charge is 0.416 e. The van der Waals surface area contributed by atoms with E-state index in [1.165, 1.54) is 4.90 Å². The zero-order valence-electron chi connectivity index (χ0n) is 7.68. The highest BCUT2D eigenvalue weighted by molar-refractivity contribution is 6.30. The average Bonchev–Trinajstić information content (AvgIpc) is 2.96. The standard InChI is InChI=1S/C10H7ClN2O2/c11-7-2-1-3-9(4-7)15-10(14)13-6-8(13)5-12/h1-4,8H,6H2. The Hall–Kier alpha value is -1.73. The predicted molar refractivity (Wildman–Crippen MR) is 53.6 cm³/mol. The SMILES string of the molecule is N#CC1CN1C(=O)Oc1cccc(Cl)c1. The Morgan fingerprint density at radius 1 is 1.67 bits per heavy atom.